The molecule has 0 aromatic heterocycles. The van der Waals surface area contributed by atoms with Crippen LogP contribution in [0.4, 0.5) is 0 Å². The van der Waals surface area contributed by atoms with Crippen molar-refractivity contribution in [1.29, 1.82) is 0 Å². The maximum Gasteiger partial charge on any atom is 0.306 e. The summed E-state index contributed by atoms with van der Waals surface area (Å²) < 4.78 is 17.1. The van der Waals surface area contributed by atoms with E-state index in [1.165, 1.54) is 44.9 Å². The maximum absolute atomic E-state index is 12.5. The van der Waals surface area contributed by atoms with Crippen LogP contribution in [0.25, 0.3) is 0 Å². The normalized spacial score (nSPS) is 13.1. The molecule has 0 fully saturated rings. The van der Waals surface area contributed by atoms with E-state index in [2.05, 4.69) is 106 Å². The van der Waals surface area contributed by atoms with Crippen LogP contribution in [0.3, 0.4) is 0 Å². The highest BCUT2D eigenvalue weighted by atomic mass is 16.6. The topological polar surface area (TPSA) is 61.8 Å². The molecule has 0 amide bonds. The van der Waals surface area contributed by atoms with E-state index in [4.69, 9.17) is 14.2 Å². The molecule has 0 saturated heterocycles. The average molecular weight is 723 g/mol. The van der Waals surface area contributed by atoms with Crippen molar-refractivity contribution < 1.29 is 23.8 Å². The van der Waals surface area contributed by atoms with Gasteiger partial charge in [0.2, 0.25) is 0 Å². The Morgan fingerprint density at radius 1 is 0.442 bits per heavy atom. The lowest BCUT2D eigenvalue weighted by Crippen LogP contribution is -2.30. The van der Waals surface area contributed by atoms with Crippen molar-refractivity contribution in [3.8, 4) is 0 Å². The van der Waals surface area contributed by atoms with Gasteiger partial charge in [0, 0.05) is 19.4 Å². The second-order valence-corrected chi connectivity index (χ2v) is 13.5. The van der Waals surface area contributed by atoms with Gasteiger partial charge in [-0.05, 0) is 83.5 Å². The standard InChI is InChI=1S/C47H78O5/c1-4-7-10-13-15-17-19-20-21-22-23-24-25-26-27-29-31-33-36-39-42-50-43-45(52-47(49)41-38-34-12-9-6-3)44-51-46(48)40-37-35-32-30-28-18-16-14-11-8-5-2/h7,10,14-17,20-21,23-24,26-27,31,33,45H,4-6,8-9,11-13,18-19,22,25,28-30,32,34-44H2,1-3H3/b10-7-,16-14-,17-15-,21-20-,24-23-,27-26-,33-31-. The van der Waals surface area contributed by atoms with Gasteiger partial charge >= 0.3 is 11.9 Å². The van der Waals surface area contributed by atoms with Crippen molar-refractivity contribution in [3.05, 3.63) is 85.1 Å². The van der Waals surface area contributed by atoms with Crippen LogP contribution < -0.4 is 0 Å². The van der Waals surface area contributed by atoms with E-state index in [1.807, 2.05) is 0 Å². The lowest BCUT2D eigenvalue weighted by molar-refractivity contribution is -0.163. The molecule has 1 unspecified atom stereocenters. The van der Waals surface area contributed by atoms with Gasteiger partial charge in [-0.25, -0.2) is 0 Å². The Morgan fingerprint density at radius 3 is 1.46 bits per heavy atom. The van der Waals surface area contributed by atoms with E-state index in [9.17, 15) is 9.59 Å². The molecule has 0 radical (unpaired) electrons. The molecule has 0 rings (SSSR count). The zero-order valence-electron chi connectivity index (χ0n) is 33.8. The summed E-state index contributed by atoms with van der Waals surface area (Å²) in [4.78, 5) is 24.9. The van der Waals surface area contributed by atoms with Gasteiger partial charge in [-0.15, -0.1) is 0 Å². The van der Waals surface area contributed by atoms with Crippen molar-refractivity contribution in [2.24, 2.45) is 0 Å². The fraction of sp³-hybridized carbons (Fsp3) is 0.660. The van der Waals surface area contributed by atoms with E-state index in [0.29, 0.717) is 19.4 Å². The monoisotopic (exact) mass is 723 g/mol. The van der Waals surface area contributed by atoms with Crippen LogP contribution in [0.2, 0.25) is 0 Å². The van der Waals surface area contributed by atoms with Crippen LogP contribution in [0.15, 0.2) is 85.1 Å². The van der Waals surface area contributed by atoms with E-state index in [0.717, 1.165) is 96.3 Å². The summed E-state index contributed by atoms with van der Waals surface area (Å²) >= 11 is 0. The number of ether oxygens (including phenoxy) is 3. The molecule has 0 N–H and O–H groups in total. The summed E-state index contributed by atoms with van der Waals surface area (Å²) in [5, 5.41) is 0. The third-order valence-corrected chi connectivity index (χ3v) is 8.42. The van der Waals surface area contributed by atoms with E-state index in [1.54, 1.807) is 0 Å². The third-order valence-electron chi connectivity index (χ3n) is 8.42. The molecule has 0 bridgehead atoms. The second-order valence-electron chi connectivity index (χ2n) is 13.5. The molecule has 1 atom stereocenters. The van der Waals surface area contributed by atoms with Crippen LogP contribution in [-0.4, -0.2) is 37.9 Å². The second kappa shape index (κ2) is 42.5. The first-order chi connectivity index (χ1) is 25.6. The molecule has 296 valence electrons. The SMILES string of the molecule is CC/C=C\C/C=C\C/C=C\C/C=C\C/C=C\C/C=C\CCCOCC(COC(=O)CCCCCCC/C=C\CCCC)OC(=O)CCCCCCC. The van der Waals surface area contributed by atoms with Crippen LogP contribution in [-0.2, 0) is 23.8 Å². The van der Waals surface area contributed by atoms with Crippen LogP contribution in [0.5, 0.6) is 0 Å². The van der Waals surface area contributed by atoms with Crippen LogP contribution in [0.1, 0.15) is 175 Å². The zero-order valence-corrected chi connectivity index (χ0v) is 33.8. The van der Waals surface area contributed by atoms with Gasteiger partial charge in [0.15, 0.2) is 6.10 Å². The summed E-state index contributed by atoms with van der Waals surface area (Å²) in [5.74, 6) is -0.462. The molecule has 5 heteroatoms. The molecular weight excluding hydrogens is 645 g/mol. The number of hydrogen-bond acceptors (Lipinski definition) is 5. The minimum atomic E-state index is -0.566. The molecule has 0 aliphatic carbocycles. The van der Waals surface area contributed by atoms with Gasteiger partial charge in [-0.2, -0.15) is 0 Å². The average Bonchev–Trinajstić information content (AvgIpc) is 3.14. The fourth-order valence-corrected chi connectivity index (χ4v) is 5.27. The molecular formula is C47H78O5. The van der Waals surface area contributed by atoms with Crippen molar-refractivity contribution in [1.82, 2.24) is 0 Å². The maximum atomic E-state index is 12.5. The number of unbranched alkanes of at least 4 members (excludes halogenated alkanes) is 12. The van der Waals surface area contributed by atoms with Gasteiger partial charge in [-0.1, -0.05) is 164 Å². The first kappa shape index (κ1) is 49.1. The van der Waals surface area contributed by atoms with Crippen molar-refractivity contribution >= 4 is 11.9 Å². The Hall–Kier alpha value is -2.92. The predicted molar refractivity (Wildman–Crippen MR) is 223 cm³/mol. The quantitative estimate of drug-likeness (QED) is 0.0363. The Labute approximate surface area is 320 Å². The highest BCUT2D eigenvalue weighted by molar-refractivity contribution is 5.70. The Bertz CT molecular complexity index is 999. The van der Waals surface area contributed by atoms with Gasteiger partial charge in [-0.3, -0.25) is 9.59 Å². The van der Waals surface area contributed by atoms with Crippen LogP contribution in [0, 0.1) is 0 Å². The summed E-state index contributed by atoms with van der Waals surface area (Å²) in [6, 6.07) is 0. The molecule has 0 aliphatic rings. The summed E-state index contributed by atoms with van der Waals surface area (Å²) in [5.41, 5.74) is 0. The van der Waals surface area contributed by atoms with Gasteiger partial charge in [0.1, 0.15) is 6.61 Å². The molecule has 0 aromatic rings. The van der Waals surface area contributed by atoms with Gasteiger partial charge in [0.25, 0.3) is 0 Å². The summed E-state index contributed by atoms with van der Waals surface area (Å²) in [7, 11) is 0. The first-order valence-corrected chi connectivity index (χ1v) is 21.1. The minimum Gasteiger partial charge on any atom is -0.462 e. The van der Waals surface area contributed by atoms with Gasteiger partial charge in [0.05, 0.1) is 6.61 Å². The Balaban J connectivity index is 4.21. The van der Waals surface area contributed by atoms with Crippen molar-refractivity contribution in [2.75, 3.05) is 19.8 Å². The smallest absolute Gasteiger partial charge is 0.306 e. The molecule has 5 nitrogen and oxygen atoms in total. The number of carbonyl (C=O) groups is 2. The third kappa shape index (κ3) is 39.9. The Morgan fingerprint density at radius 2 is 0.885 bits per heavy atom. The lowest BCUT2D eigenvalue weighted by atomic mass is 10.1. The predicted octanol–water partition coefficient (Wildman–Crippen LogP) is 13.8. The zero-order chi connectivity index (χ0) is 37.8. The number of hydrogen-bond donors (Lipinski definition) is 0. The first-order valence-electron chi connectivity index (χ1n) is 21.1. The fourth-order valence-electron chi connectivity index (χ4n) is 5.27. The molecule has 0 spiro atoms. The van der Waals surface area contributed by atoms with E-state index in [-0.39, 0.29) is 25.2 Å². The van der Waals surface area contributed by atoms with Crippen LogP contribution >= 0.6 is 0 Å². The number of carbonyl (C=O) groups excluding carboxylic acids is 2. The largest absolute Gasteiger partial charge is 0.462 e. The summed E-state index contributed by atoms with van der Waals surface area (Å²) in [6.07, 6.45) is 54.7. The molecule has 52 heavy (non-hydrogen) atoms. The molecule has 0 aromatic carbocycles. The number of rotatable bonds is 37. The molecule has 0 aliphatic heterocycles. The molecule has 0 heterocycles. The Kier molecular flexibility index (Phi) is 40.1. The van der Waals surface area contributed by atoms with Crippen molar-refractivity contribution in [2.45, 2.75) is 181 Å². The van der Waals surface area contributed by atoms with Gasteiger partial charge < -0.3 is 14.2 Å². The summed E-state index contributed by atoms with van der Waals surface area (Å²) in [6.45, 7) is 7.42. The number of esters is 2. The van der Waals surface area contributed by atoms with E-state index >= 15 is 0 Å². The highest BCUT2D eigenvalue weighted by Gasteiger charge is 2.17. The minimum absolute atomic E-state index is 0.0535. The lowest BCUT2D eigenvalue weighted by Gasteiger charge is -2.18. The molecule has 0 saturated carbocycles. The highest BCUT2D eigenvalue weighted by Crippen LogP contribution is 2.11. The van der Waals surface area contributed by atoms with E-state index < -0.39 is 6.10 Å². The number of allylic oxidation sites excluding steroid dienone is 14. The van der Waals surface area contributed by atoms with Crippen molar-refractivity contribution in [3.63, 3.8) is 0 Å².